The van der Waals surface area contributed by atoms with E-state index in [0.29, 0.717) is 34.6 Å². The molecule has 0 spiro atoms. The number of carbonyl (C=O) groups excluding carboxylic acids is 4. The molecule has 2 amide bonds. The predicted molar refractivity (Wildman–Crippen MR) is 169 cm³/mol. The van der Waals surface area contributed by atoms with E-state index in [-0.39, 0.29) is 43.0 Å². The van der Waals surface area contributed by atoms with Crippen LogP contribution in [0.1, 0.15) is 31.2 Å². The third kappa shape index (κ3) is 4.91. The number of ether oxygens (including phenoxy) is 1. The van der Waals surface area contributed by atoms with E-state index in [1.807, 2.05) is 60.7 Å². The lowest BCUT2D eigenvalue weighted by Crippen LogP contribution is -2.39. The summed E-state index contributed by atoms with van der Waals surface area (Å²) in [5, 5.41) is 12.4. The van der Waals surface area contributed by atoms with Crippen LogP contribution in [0.25, 0.3) is 0 Å². The van der Waals surface area contributed by atoms with E-state index in [1.165, 1.54) is 11.0 Å². The normalized spacial score (nSPS) is 24.1. The summed E-state index contributed by atoms with van der Waals surface area (Å²) in [5.41, 5.74) is 5.23. The molecule has 1 heterocycles. The van der Waals surface area contributed by atoms with Crippen LogP contribution in [0.4, 0.5) is 17.1 Å². The molecule has 3 aliphatic carbocycles. The van der Waals surface area contributed by atoms with E-state index in [2.05, 4.69) is 5.32 Å². The monoisotopic (exact) mass is 600 g/mol. The molecule has 0 bridgehead atoms. The largest absolute Gasteiger partial charge is 0.491 e. The fourth-order valence-electron chi connectivity index (χ4n) is 7.32. The minimum Gasteiger partial charge on any atom is -0.491 e. The third-order valence-electron chi connectivity index (χ3n) is 9.32. The number of aliphatic hydroxyl groups is 1. The maximum atomic E-state index is 14.2. The van der Waals surface area contributed by atoms with Crippen LogP contribution >= 0.6 is 0 Å². The number of rotatable bonds is 7. The third-order valence-corrected chi connectivity index (χ3v) is 9.32. The Balaban J connectivity index is 1.22. The van der Waals surface area contributed by atoms with Crippen LogP contribution in [0, 0.1) is 17.8 Å². The van der Waals surface area contributed by atoms with Gasteiger partial charge in [-0.15, -0.1) is 0 Å². The summed E-state index contributed by atoms with van der Waals surface area (Å²) in [5.74, 6) is -2.44. The van der Waals surface area contributed by atoms with E-state index in [9.17, 15) is 19.2 Å². The maximum Gasteiger partial charge on any atom is 0.238 e. The highest BCUT2D eigenvalue weighted by atomic mass is 16.5. The van der Waals surface area contributed by atoms with Crippen LogP contribution in [0.2, 0.25) is 0 Å². The van der Waals surface area contributed by atoms with Crippen molar-refractivity contribution in [1.82, 2.24) is 0 Å². The molecule has 226 valence electrons. The molecule has 4 atom stereocenters. The molecule has 8 nitrogen and oxygen atoms in total. The standard InChI is InChI=1S/C37H32N2O6/c1-21-19-31(41)34-30(35(21)42)20-29-27(32(34)22-7-13-26(14-8-22)45-18-17-40)15-16-28-33(29)37(44)39(36(28)43)25-11-9-24(10-12-25)38-23-5-3-2-4-6-23/h2-15,19,28-29,32-33,38,40H,16-18,20H2,1H3/t28-,29+,32-,33-/m0/s1. The molecule has 7 rings (SSSR count). The number of hydrogen-bond donors (Lipinski definition) is 2. The van der Waals surface area contributed by atoms with Gasteiger partial charge in [0.25, 0.3) is 0 Å². The van der Waals surface area contributed by atoms with Gasteiger partial charge in [-0.3, -0.25) is 24.1 Å². The second kappa shape index (κ2) is 11.4. The number of Topliss-reactive ketones (excluding diaryl/α,β-unsaturated/α-hetero) is 1. The van der Waals surface area contributed by atoms with E-state index in [4.69, 9.17) is 9.84 Å². The number of aliphatic hydroxyl groups excluding tert-OH is 1. The van der Waals surface area contributed by atoms with Gasteiger partial charge in [0.2, 0.25) is 11.8 Å². The fourth-order valence-corrected chi connectivity index (χ4v) is 7.32. The van der Waals surface area contributed by atoms with Gasteiger partial charge >= 0.3 is 0 Å². The molecule has 0 aromatic heterocycles. The van der Waals surface area contributed by atoms with Crippen LogP contribution in [0.3, 0.4) is 0 Å². The lowest BCUT2D eigenvalue weighted by molar-refractivity contribution is -0.123. The van der Waals surface area contributed by atoms with Gasteiger partial charge in [-0.2, -0.15) is 0 Å². The van der Waals surface area contributed by atoms with E-state index < -0.39 is 23.7 Å². The molecule has 3 aromatic carbocycles. The Labute approximate surface area is 260 Å². The highest BCUT2D eigenvalue weighted by Crippen LogP contribution is 2.55. The zero-order valence-electron chi connectivity index (χ0n) is 24.7. The van der Waals surface area contributed by atoms with E-state index in [1.54, 1.807) is 31.2 Å². The van der Waals surface area contributed by atoms with Crippen molar-refractivity contribution in [2.75, 3.05) is 23.4 Å². The first-order valence-corrected chi connectivity index (χ1v) is 15.2. The minimum atomic E-state index is -0.641. The number of nitrogens with zero attached hydrogens (tertiary/aromatic N) is 1. The summed E-state index contributed by atoms with van der Waals surface area (Å²) in [7, 11) is 0. The van der Waals surface area contributed by atoms with Gasteiger partial charge in [-0.1, -0.05) is 42.0 Å². The smallest absolute Gasteiger partial charge is 0.238 e. The molecule has 3 aromatic rings. The number of benzene rings is 3. The number of anilines is 3. The summed E-state index contributed by atoms with van der Waals surface area (Å²) in [4.78, 5) is 56.3. The van der Waals surface area contributed by atoms with Gasteiger partial charge in [0.05, 0.1) is 24.1 Å². The van der Waals surface area contributed by atoms with Gasteiger partial charge in [0.1, 0.15) is 12.4 Å². The zero-order chi connectivity index (χ0) is 31.2. The number of nitrogens with one attached hydrogen (secondary N) is 1. The van der Waals surface area contributed by atoms with Crippen LogP contribution < -0.4 is 15.0 Å². The van der Waals surface area contributed by atoms with Crippen molar-refractivity contribution in [3.63, 3.8) is 0 Å². The Bertz CT molecular complexity index is 1800. The first-order valence-electron chi connectivity index (χ1n) is 15.2. The summed E-state index contributed by atoms with van der Waals surface area (Å²) < 4.78 is 5.54. The fraction of sp³-hybridized carbons (Fsp3) is 0.243. The Hall–Kier alpha value is -5.08. The van der Waals surface area contributed by atoms with Crippen molar-refractivity contribution in [1.29, 1.82) is 0 Å². The molecule has 4 aliphatic rings. The Morgan fingerprint density at radius 3 is 2.29 bits per heavy atom. The number of fused-ring (bicyclic) bond motifs is 3. The average Bonchev–Trinajstić information content (AvgIpc) is 3.32. The molecule has 8 heteroatoms. The van der Waals surface area contributed by atoms with E-state index >= 15 is 0 Å². The van der Waals surface area contributed by atoms with Crippen LogP contribution in [-0.2, 0) is 19.2 Å². The first-order chi connectivity index (χ1) is 21.9. The number of imide groups is 1. The van der Waals surface area contributed by atoms with Crippen LogP contribution in [0.15, 0.2) is 113 Å². The van der Waals surface area contributed by atoms with Gasteiger partial charge < -0.3 is 15.2 Å². The number of allylic oxidation sites excluding steroid dienone is 6. The number of hydrogen-bond acceptors (Lipinski definition) is 7. The molecule has 1 aliphatic heterocycles. The van der Waals surface area contributed by atoms with Crippen molar-refractivity contribution in [3.05, 3.63) is 119 Å². The topological polar surface area (TPSA) is 113 Å². The van der Waals surface area contributed by atoms with Gasteiger partial charge in [0, 0.05) is 34.0 Å². The molecule has 2 N–H and O–H groups in total. The predicted octanol–water partition coefficient (Wildman–Crippen LogP) is 5.44. The Morgan fingerprint density at radius 1 is 0.867 bits per heavy atom. The van der Waals surface area contributed by atoms with Gasteiger partial charge in [0.15, 0.2) is 11.6 Å². The molecular formula is C37H32N2O6. The lowest BCUT2D eigenvalue weighted by atomic mass is 9.59. The second-order valence-electron chi connectivity index (χ2n) is 11.9. The molecular weight excluding hydrogens is 568 g/mol. The highest BCUT2D eigenvalue weighted by molar-refractivity contribution is 6.25. The van der Waals surface area contributed by atoms with Crippen LogP contribution in [0.5, 0.6) is 5.75 Å². The maximum absolute atomic E-state index is 14.2. The number of carbonyl (C=O) groups is 4. The molecule has 45 heavy (non-hydrogen) atoms. The molecule has 0 unspecified atom stereocenters. The lowest BCUT2D eigenvalue weighted by Gasteiger charge is -2.42. The molecule has 0 radical (unpaired) electrons. The summed E-state index contributed by atoms with van der Waals surface area (Å²) in [6, 6.07) is 24.2. The summed E-state index contributed by atoms with van der Waals surface area (Å²) in [6.45, 7) is 1.69. The van der Waals surface area contributed by atoms with Gasteiger partial charge in [-0.25, -0.2) is 0 Å². The second-order valence-corrected chi connectivity index (χ2v) is 11.9. The Morgan fingerprint density at radius 2 is 1.58 bits per heavy atom. The number of amides is 2. The number of ketones is 2. The van der Waals surface area contributed by atoms with Crippen molar-refractivity contribution < 1.29 is 29.0 Å². The Kier molecular flexibility index (Phi) is 7.30. The first kappa shape index (κ1) is 28.7. The SMILES string of the molecule is CC1=CC(=O)C2=C(C[C@@H]3C(=CC[C@@H]4C(=O)N(c5ccc(Nc6ccccc6)cc5)C(=O)[C@@H]43)[C@@H]2c2ccc(OCCO)cc2)C1=O. The summed E-state index contributed by atoms with van der Waals surface area (Å²) >= 11 is 0. The van der Waals surface area contributed by atoms with Crippen LogP contribution in [-0.4, -0.2) is 41.7 Å². The van der Waals surface area contributed by atoms with Crippen molar-refractivity contribution in [2.45, 2.75) is 25.7 Å². The zero-order valence-corrected chi connectivity index (χ0v) is 24.7. The van der Waals surface area contributed by atoms with Gasteiger partial charge in [-0.05, 0) is 85.9 Å². The van der Waals surface area contributed by atoms with Crippen molar-refractivity contribution in [3.8, 4) is 5.75 Å². The van der Waals surface area contributed by atoms with Crippen molar-refractivity contribution in [2.24, 2.45) is 17.8 Å². The minimum absolute atomic E-state index is 0.113. The summed E-state index contributed by atoms with van der Waals surface area (Å²) in [6.07, 6.45) is 4.03. The highest BCUT2D eigenvalue weighted by Gasteiger charge is 2.56. The van der Waals surface area contributed by atoms with E-state index in [0.717, 1.165) is 22.5 Å². The molecule has 1 saturated heterocycles. The molecule has 1 fully saturated rings. The average molecular weight is 601 g/mol. The molecule has 0 saturated carbocycles. The quantitative estimate of drug-likeness (QED) is 0.211. The number of para-hydroxylation sites is 1. The van der Waals surface area contributed by atoms with Crippen molar-refractivity contribution >= 4 is 40.4 Å².